The van der Waals surface area contributed by atoms with Gasteiger partial charge in [-0.1, -0.05) is 43.3 Å². The molecule has 0 saturated carbocycles. The number of hydrogen-bond acceptors (Lipinski definition) is 2. The fraction of sp³-hybridized carbons (Fsp3) is 0.222. The van der Waals surface area contributed by atoms with Crippen molar-refractivity contribution >= 4 is 17.5 Å². The number of benzene rings is 2. The Morgan fingerprint density at radius 3 is 2.32 bits per heavy atom. The highest BCUT2D eigenvalue weighted by Crippen LogP contribution is 2.15. The molecule has 2 aromatic rings. The molecule has 1 atom stereocenters. The average molecular weight is 296 g/mol. The lowest BCUT2D eigenvalue weighted by Gasteiger charge is -2.16. The molecule has 22 heavy (non-hydrogen) atoms. The molecule has 2 amide bonds. The van der Waals surface area contributed by atoms with Crippen LogP contribution in [0.2, 0.25) is 0 Å². The number of carbonyl (C=O) groups excluding carboxylic acids is 2. The van der Waals surface area contributed by atoms with Crippen LogP contribution >= 0.6 is 0 Å². The van der Waals surface area contributed by atoms with Crippen molar-refractivity contribution in [3.05, 3.63) is 65.7 Å². The predicted octanol–water partition coefficient (Wildman–Crippen LogP) is 3.01. The van der Waals surface area contributed by atoms with Gasteiger partial charge in [0.15, 0.2) is 0 Å². The van der Waals surface area contributed by atoms with Crippen LogP contribution in [0.5, 0.6) is 0 Å². The molecule has 0 aliphatic heterocycles. The van der Waals surface area contributed by atoms with Crippen LogP contribution in [0, 0.1) is 0 Å². The maximum Gasteiger partial charge on any atom is 0.251 e. The fourth-order valence-corrected chi connectivity index (χ4v) is 2.13. The van der Waals surface area contributed by atoms with Gasteiger partial charge >= 0.3 is 0 Å². The molecule has 4 nitrogen and oxygen atoms in total. The summed E-state index contributed by atoms with van der Waals surface area (Å²) >= 11 is 0. The second-order valence-corrected chi connectivity index (χ2v) is 5.06. The minimum absolute atomic E-state index is 0.231. The first kappa shape index (κ1) is 15.8. The van der Waals surface area contributed by atoms with Gasteiger partial charge in [0.25, 0.3) is 5.91 Å². The maximum absolute atomic E-state index is 12.2. The monoisotopic (exact) mass is 296 g/mol. The number of aryl methyl sites for hydroxylation is 1. The highest BCUT2D eigenvalue weighted by atomic mass is 16.2. The second kappa shape index (κ2) is 7.41. The second-order valence-electron chi connectivity index (χ2n) is 5.06. The Morgan fingerprint density at radius 1 is 1.00 bits per heavy atom. The number of anilines is 1. The van der Waals surface area contributed by atoms with Crippen LogP contribution in [-0.4, -0.2) is 17.9 Å². The Hall–Kier alpha value is -2.62. The molecule has 0 aliphatic rings. The third kappa shape index (κ3) is 3.95. The summed E-state index contributed by atoms with van der Waals surface area (Å²) in [6.45, 7) is 3.70. The first-order valence-electron chi connectivity index (χ1n) is 7.36. The minimum Gasteiger partial charge on any atom is -0.341 e. The molecule has 0 aliphatic carbocycles. The van der Waals surface area contributed by atoms with Crippen molar-refractivity contribution < 1.29 is 9.59 Å². The van der Waals surface area contributed by atoms with Gasteiger partial charge in [-0.25, -0.2) is 0 Å². The quantitative estimate of drug-likeness (QED) is 0.891. The average Bonchev–Trinajstić information content (AvgIpc) is 2.56. The van der Waals surface area contributed by atoms with Gasteiger partial charge in [-0.05, 0) is 37.1 Å². The largest absolute Gasteiger partial charge is 0.341 e. The topological polar surface area (TPSA) is 58.2 Å². The molecule has 0 unspecified atom stereocenters. The molecule has 0 aromatic heterocycles. The Kier molecular flexibility index (Phi) is 5.31. The first-order valence-corrected chi connectivity index (χ1v) is 7.36. The zero-order chi connectivity index (χ0) is 15.9. The summed E-state index contributed by atoms with van der Waals surface area (Å²) in [5, 5.41) is 5.57. The maximum atomic E-state index is 12.2. The van der Waals surface area contributed by atoms with Gasteiger partial charge in [-0.2, -0.15) is 0 Å². The third-order valence-electron chi connectivity index (χ3n) is 3.43. The van der Waals surface area contributed by atoms with E-state index in [9.17, 15) is 9.59 Å². The van der Waals surface area contributed by atoms with Crippen LogP contribution in [0.15, 0.2) is 54.6 Å². The number of nitrogens with one attached hydrogen (secondary N) is 2. The molecular formula is C18H20N2O2. The van der Waals surface area contributed by atoms with E-state index in [1.807, 2.05) is 37.3 Å². The molecular weight excluding hydrogens is 276 g/mol. The molecule has 0 spiro atoms. The van der Waals surface area contributed by atoms with Gasteiger partial charge in [-0.3, -0.25) is 9.59 Å². The van der Waals surface area contributed by atoms with Crippen LogP contribution in [0.3, 0.4) is 0 Å². The molecule has 114 valence electrons. The van der Waals surface area contributed by atoms with E-state index in [1.54, 1.807) is 31.2 Å². The summed E-state index contributed by atoms with van der Waals surface area (Å²) in [7, 11) is 0. The number of carbonyl (C=O) groups is 2. The highest BCUT2D eigenvalue weighted by Gasteiger charge is 2.17. The molecule has 2 rings (SSSR count). The van der Waals surface area contributed by atoms with E-state index in [0.717, 1.165) is 17.7 Å². The summed E-state index contributed by atoms with van der Waals surface area (Å²) < 4.78 is 0. The van der Waals surface area contributed by atoms with E-state index >= 15 is 0 Å². The first-order chi connectivity index (χ1) is 10.6. The zero-order valence-electron chi connectivity index (χ0n) is 12.8. The Labute approximate surface area is 130 Å². The molecule has 4 heteroatoms. The number of hydrogen-bond donors (Lipinski definition) is 2. The highest BCUT2D eigenvalue weighted by molar-refractivity contribution is 6.01. The lowest BCUT2D eigenvalue weighted by atomic mass is 10.1. The van der Waals surface area contributed by atoms with Crippen molar-refractivity contribution in [2.45, 2.75) is 26.3 Å². The Morgan fingerprint density at radius 2 is 1.64 bits per heavy atom. The van der Waals surface area contributed by atoms with E-state index in [1.165, 1.54) is 0 Å². The van der Waals surface area contributed by atoms with Gasteiger partial charge in [0.2, 0.25) is 5.91 Å². The Balaban J connectivity index is 1.99. The van der Waals surface area contributed by atoms with Gasteiger partial charge in [0.05, 0.1) is 0 Å². The fourth-order valence-electron chi connectivity index (χ4n) is 2.13. The SMILES string of the molecule is CCc1ccccc1NC(=O)[C@@H](C)NC(=O)c1ccccc1. The summed E-state index contributed by atoms with van der Waals surface area (Å²) in [6, 6.07) is 15.9. The van der Waals surface area contributed by atoms with Crippen molar-refractivity contribution in [2.24, 2.45) is 0 Å². The zero-order valence-corrected chi connectivity index (χ0v) is 12.8. The lowest BCUT2D eigenvalue weighted by molar-refractivity contribution is -0.117. The minimum atomic E-state index is -0.613. The van der Waals surface area contributed by atoms with E-state index in [-0.39, 0.29) is 11.8 Å². The van der Waals surface area contributed by atoms with Crippen LogP contribution in [-0.2, 0) is 11.2 Å². The smallest absolute Gasteiger partial charge is 0.251 e. The van der Waals surface area contributed by atoms with Crippen molar-refractivity contribution in [1.29, 1.82) is 0 Å². The van der Waals surface area contributed by atoms with Gasteiger partial charge in [-0.15, -0.1) is 0 Å². The van der Waals surface area contributed by atoms with Crippen molar-refractivity contribution in [2.75, 3.05) is 5.32 Å². The van der Waals surface area contributed by atoms with Crippen molar-refractivity contribution in [3.8, 4) is 0 Å². The molecule has 0 bridgehead atoms. The molecule has 0 radical (unpaired) electrons. The summed E-state index contributed by atoms with van der Waals surface area (Å²) in [6.07, 6.45) is 0.835. The summed E-state index contributed by atoms with van der Waals surface area (Å²) in [5.74, 6) is -0.489. The standard InChI is InChI=1S/C18H20N2O2/c1-3-14-9-7-8-12-16(14)20-17(21)13(2)19-18(22)15-10-5-4-6-11-15/h4-13H,3H2,1-2H3,(H,19,22)(H,20,21)/t13-/m1/s1. The molecule has 0 heterocycles. The molecule has 2 N–H and O–H groups in total. The predicted molar refractivity (Wildman–Crippen MR) is 87.8 cm³/mol. The normalized spacial score (nSPS) is 11.5. The number of rotatable bonds is 5. The molecule has 0 saturated heterocycles. The van der Waals surface area contributed by atoms with E-state index in [4.69, 9.17) is 0 Å². The van der Waals surface area contributed by atoms with Crippen molar-refractivity contribution in [1.82, 2.24) is 5.32 Å². The van der Waals surface area contributed by atoms with E-state index < -0.39 is 6.04 Å². The van der Waals surface area contributed by atoms with Gasteiger partial charge < -0.3 is 10.6 Å². The van der Waals surface area contributed by atoms with Crippen molar-refractivity contribution in [3.63, 3.8) is 0 Å². The summed E-state index contributed by atoms with van der Waals surface area (Å²) in [4.78, 5) is 24.3. The number of amides is 2. The lowest BCUT2D eigenvalue weighted by Crippen LogP contribution is -2.41. The van der Waals surface area contributed by atoms with Gasteiger partial charge in [0, 0.05) is 11.3 Å². The summed E-state index contributed by atoms with van der Waals surface area (Å²) in [5.41, 5.74) is 2.39. The molecule has 2 aromatic carbocycles. The van der Waals surface area contributed by atoms with Crippen LogP contribution in [0.1, 0.15) is 29.8 Å². The van der Waals surface area contributed by atoms with Crippen LogP contribution in [0.4, 0.5) is 5.69 Å². The van der Waals surface area contributed by atoms with E-state index in [0.29, 0.717) is 5.56 Å². The van der Waals surface area contributed by atoms with E-state index in [2.05, 4.69) is 10.6 Å². The van der Waals surface area contributed by atoms with Crippen LogP contribution in [0.25, 0.3) is 0 Å². The third-order valence-corrected chi connectivity index (χ3v) is 3.43. The number of para-hydroxylation sites is 1. The Bertz CT molecular complexity index is 653. The molecule has 0 fully saturated rings. The van der Waals surface area contributed by atoms with Gasteiger partial charge in [0.1, 0.15) is 6.04 Å². The van der Waals surface area contributed by atoms with Crippen LogP contribution < -0.4 is 10.6 Å².